The number of piperidine rings is 1. The Kier molecular flexibility index (Phi) is 4.76. The van der Waals surface area contributed by atoms with Crippen molar-refractivity contribution in [2.45, 2.75) is 39.2 Å². The molecule has 1 N–H and O–H groups in total. The van der Waals surface area contributed by atoms with Crippen LogP contribution >= 0.6 is 0 Å². The van der Waals surface area contributed by atoms with Crippen LogP contribution in [-0.4, -0.2) is 77.6 Å². The van der Waals surface area contributed by atoms with E-state index >= 15 is 0 Å². The maximum atomic E-state index is 12.7. The molecule has 2 fully saturated rings. The minimum atomic E-state index is -0.751. The highest BCUT2D eigenvalue weighted by Crippen LogP contribution is 2.31. The van der Waals surface area contributed by atoms with Crippen LogP contribution in [0, 0.1) is 5.41 Å². The number of carboxylic acids is 1. The number of hydrogen-bond donors (Lipinski definition) is 1. The smallest absolute Gasteiger partial charge is 0.320 e. The van der Waals surface area contributed by atoms with E-state index < -0.39 is 11.4 Å². The second-order valence-corrected chi connectivity index (χ2v) is 6.79. The van der Waals surface area contributed by atoms with Crippen LogP contribution in [0.1, 0.15) is 33.1 Å². The van der Waals surface area contributed by atoms with Crippen molar-refractivity contribution in [1.29, 1.82) is 0 Å². The fourth-order valence-corrected chi connectivity index (χ4v) is 3.24. The van der Waals surface area contributed by atoms with Crippen LogP contribution in [0.2, 0.25) is 0 Å². The molecule has 0 radical (unpaired) electrons. The lowest BCUT2D eigenvalue weighted by Crippen LogP contribution is -2.53. The number of likely N-dealkylation sites (tertiary alicyclic amines) is 1. The van der Waals surface area contributed by atoms with Gasteiger partial charge in [0, 0.05) is 32.2 Å². The minimum Gasteiger partial charge on any atom is -0.481 e. The number of hydrogen-bond acceptors (Lipinski definition) is 3. The maximum absolute atomic E-state index is 12.7. The number of aliphatic carboxylic acids is 1. The molecule has 1 unspecified atom stereocenters. The Balaban J connectivity index is 1.96. The molecule has 6 heteroatoms. The van der Waals surface area contributed by atoms with Gasteiger partial charge in [0.05, 0.1) is 5.41 Å². The summed E-state index contributed by atoms with van der Waals surface area (Å²) in [7, 11) is 2.09. The first kappa shape index (κ1) is 16.1. The van der Waals surface area contributed by atoms with E-state index in [1.54, 1.807) is 6.92 Å². The highest BCUT2D eigenvalue weighted by Gasteiger charge is 2.39. The van der Waals surface area contributed by atoms with Gasteiger partial charge in [-0.25, -0.2) is 4.79 Å². The van der Waals surface area contributed by atoms with Gasteiger partial charge in [-0.2, -0.15) is 0 Å². The van der Waals surface area contributed by atoms with Crippen LogP contribution in [0.25, 0.3) is 0 Å². The second-order valence-electron chi connectivity index (χ2n) is 6.79. The summed E-state index contributed by atoms with van der Waals surface area (Å²) in [5.74, 6) is -0.751. The zero-order chi connectivity index (χ0) is 15.6. The number of carbonyl (C=O) groups is 2. The third-order valence-electron chi connectivity index (χ3n) is 4.95. The van der Waals surface area contributed by atoms with Crippen LogP contribution in [0.5, 0.6) is 0 Å². The average Bonchev–Trinajstić information content (AvgIpc) is 2.59. The summed E-state index contributed by atoms with van der Waals surface area (Å²) < 4.78 is 0. The van der Waals surface area contributed by atoms with E-state index in [9.17, 15) is 14.7 Å². The third-order valence-corrected chi connectivity index (χ3v) is 4.95. The summed E-state index contributed by atoms with van der Waals surface area (Å²) in [4.78, 5) is 30.0. The van der Waals surface area contributed by atoms with Gasteiger partial charge >= 0.3 is 12.0 Å². The van der Waals surface area contributed by atoms with E-state index in [0.717, 1.165) is 26.1 Å². The van der Waals surface area contributed by atoms with Crippen molar-refractivity contribution in [2.24, 2.45) is 5.41 Å². The molecule has 6 nitrogen and oxygen atoms in total. The highest BCUT2D eigenvalue weighted by atomic mass is 16.4. The summed E-state index contributed by atoms with van der Waals surface area (Å²) in [5.41, 5.74) is -0.679. The summed E-state index contributed by atoms with van der Waals surface area (Å²) in [6.07, 6.45) is 2.07. The average molecular weight is 297 g/mol. The molecule has 1 atom stereocenters. The van der Waals surface area contributed by atoms with Gasteiger partial charge in [-0.15, -0.1) is 0 Å². The monoisotopic (exact) mass is 297 g/mol. The van der Waals surface area contributed by atoms with Crippen LogP contribution in [0.3, 0.4) is 0 Å². The van der Waals surface area contributed by atoms with Gasteiger partial charge in [0.1, 0.15) is 0 Å². The van der Waals surface area contributed by atoms with Crippen molar-refractivity contribution >= 4 is 12.0 Å². The summed E-state index contributed by atoms with van der Waals surface area (Å²) >= 11 is 0. The molecule has 21 heavy (non-hydrogen) atoms. The van der Waals surface area contributed by atoms with Crippen LogP contribution in [-0.2, 0) is 4.79 Å². The largest absolute Gasteiger partial charge is 0.481 e. The quantitative estimate of drug-likeness (QED) is 0.793. The van der Waals surface area contributed by atoms with E-state index in [2.05, 4.69) is 18.9 Å². The Morgan fingerprint density at radius 3 is 2.33 bits per heavy atom. The van der Waals surface area contributed by atoms with Gasteiger partial charge in [0.2, 0.25) is 0 Å². The molecule has 0 aromatic rings. The molecule has 0 aliphatic carbocycles. The molecule has 0 saturated carbocycles. The summed E-state index contributed by atoms with van der Waals surface area (Å²) in [6.45, 7) is 7.65. The molecule has 2 aliphatic heterocycles. The first-order chi connectivity index (χ1) is 9.83. The van der Waals surface area contributed by atoms with E-state index in [1.165, 1.54) is 0 Å². The van der Waals surface area contributed by atoms with Gasteiger partial charge < -0.3 is 19.8 Å². The Labute approximate surface area is 126 Å². The number of rotatable bonds is 1. The second kappa shape index (κ2) is 6.22. The van der Waals surface area contributed by atoms with Crippen molar-refractivity contribution in [3.63, 3.8) is 0 Å². The highest BCUT2D eigenvalue weighted by molar-refractivity contribution is 5.77. The lowest BCUT2D eigenvalue weighted by Gasteiger charge is -2.40. The van der Waals surface area contributed by atoms with Crippen molar-refractivity contribution in [1.82, 2.24) is 14.7 Å². The van der Waals surface area contributed by atoms with E-state index in [4.69, 9.17) is 0 Å². The van der Waals surface area contributed by atoms with Crippen LogP contribution < -0.4 is 0 Å². The molecular weight excluding hydrogens is 270 g/mol. The predicted octanol–water partition coefficient (Wildman–Crippen LogP) is 1.32. The molecule has 2 aliphatic rings. The van der Waals surface area contributed by atoms with Crippen molar-refractivity contribution < 1.29 is 14.7 Å². The molecule has 2 amide bonds. The standard InChI is InChI=1S/C15H27N3O3/c1-12-11-16(3)7-4-8-18(12)14(21)17-9-5-15(2,6-10-17)13(19)20/h12H,4-11H2,1-3H3,(H,19,20). The molecule has 0 aromatic carbocycles. The van der Waals surface area contributed by atoms with Gasteiger partial charge in [-0.3, -0.25) is 4.79 Å². The number of likely N-dealkylation sites (N-methyl/N-ethyl adjacent to an activating group) is 1. The molecular formula is C15H27N3O3. The predicted molar refractivity (Wildman–Crippen MR) is 80.2 cm³/mol. The van der Waals surface area contributed by atoms with Crippen molar-refractivity contribution in [3.05, 3.63) is 0 Å². The molecule has 0 aromatic heterocycles. The zero-order valence-electron chi connectivity index (χ0n) is 13.3. The molecule has 2 rings (SSSR count). The maximum Gasteiger partial charge on any atom is 0.320 e. The number of urea groups is 1. The minimum absolute atomic E-state index is 0.0743. The van der Waals surface area contributed by atoms with E-state index in [-0.39, 0.29) is 12.1 Å². The lowest BCUT2D eigenvalue weighted by molar-refractivity contribution is -0.150. The number of carbonyl (C=O) groups excluding carboxylic acids is 1. The van der Waals surface area contributed by atoms with Gasteiger partial charge in [-0.05, 0) is 46.7 Å². The summed E-state index contributed by atoms with van der Waals surface area (Å²) in [6, 6.07) is 0.281. The third kappa shape index (κ3) is 3.48. The number of nitrogens with zero attached hydrogens (tertiary/aromatic N) is 3. The fourth-order valence-electron chi connectivity index (χ4n) is 3.24. The SMILES string of the molecule is CC1CN(C)CCCN1C(=O)N1CCC(C)(C(=O)O)CC1. The molecule has 0 spiro atoms. The Hall–Kier alpha value is -1.30. The van der Waals surface area contributed by atoms with Crippen molar-refractivity contribution in [3.8, 4) is 0 Å². The van der Waals surface area contributed by atoms with E-state index in [1.807, 2.05) is 9.80 Å². The Morgan fingerprint density at radius 2 is 1.76 bits per heavy atom. The molecule has 2 heterocycles. The van der Waals surface area contributed by atoms with Gasteiger partial charge in [0.15, 0.2) is 0 Å². The number of amides is 2. The van der Waals surface area contributed by atoms with Crippen LogP contribution in [0.15, 0.2) is 0 Å². The Morgan fingerprint density at radius 1 is 1.14 bits per heavy atom. The zero-order valence-corrected chi connectivity index (χ0v) is 13.3. The topological polar surface area (TPSA) is 64.1 Å². The normalized spacial score (nSPS) is 27.3. The summed E-state index contributed by atoms with van der Waals surface area (Å²) in [5, 5.41) is 9.26. The Bertz CT molecular complexity index is 405. The van der Waals surface area contributed by atoms with Crippen molar-refractivity contribution in [2.75, 3.05) is 39.8 Å². The lowest BCUT2D eigenvalue weighted by atomic mass is 9.80. The fraction of sp³-hybridized carbons (Fsp3) is 0.867. The van der Waals surface area contributed by atoms with E-state index in [0.29, 0.717) is 25.9 Å². The first-order valence-corrected chi connectivity index (χ1v) is 7.81. The van der Waals surface area contributed by atoms with Gasteiger partial charge in [-0.1, -0.05) is 0 Å². The molecule has 120 valence electrons. The number of carboxylic acid groups (broad SMARTS) is 1. The molecule has 0 bridgehead atoms. The van der Waals surface area contributed by atoms with Crippen LogP contribution in [0.4, 0.5) is 4.79 Å². The molecule has 2 saturated heterocycles. The first-order valence-electron chi connectivity index (χ1n) is 7.81. The van der Waals surface area contributed by atoms with Gasteiger partial charge in [0.25, 0.3) is 0 Å².